The van der Waals surface area contributed by atoms with Crippen molar-refractivity contribution < 1.29 is 9.18 Å². The van der Waals surface area contributed by atoms with Gasteiger partial charge in [0, 0.05) is 15.0 Å². The molecule has 2 nitrogen and oxygen atoms in total. The molecule has 0 fully saturated rings. The molecule has 0 atom stereocenters. The van der Waals surface area contributed by atoms with Crippen molar-refractivity contribution in [1.29, 1.82) is 0 Å². The van der Waals surface area contributed by atoms with E-state index in [0.29, 0.717) is 15.0 Å². The van der Waals surface area contributed by atoms with Gasteiger partial charge >= 0.3 is 0 Å². The first-order valence-electron chi connectivity index (χ1n) is 4.84. The van der Waals surface area contributed by atoms with Gasteiger partial charge in [0.05, 0.1) is 10.4 Å². The predicted octanol–water partition coefficient (Wildman–Crippen LogP) is 3.77. The maximum absolute atomic E-state index is 13.6. The van der Waals surface area contributed by atoms with Gasteiger partial charge in [0.15, 0.2) is 0 Å². The Hall–Kier alpha value is -1.20. The Morgan fingerprint density at radius 3 is 2.65 bits per heavy atom. The lowest BCUT2D eigenvalue weighted by Crippen LogP contribution is -2.03. The van der Waals surface area contributed by atoms with Crippen LogP contribution < -0.4 is 5.73 Å². The van der Waals surface area contributed by atoms with Crippen LogP contribution in [0.5, 0.6) is 0 Å². The van der Waals surface area contributed by atoms with E-state index < -0.39 is 5.82 Å². The van der Waals surface area contributed by atoms with Crippen molar-refractivity contribution in [3.05, 3.63) is 49.9 Å². The lowest BCUT2D eigenvalue weighted by Gasteiger charge is -2.02. The monoisotopic (exact) mass is 313 g/mol. The highest BCUT2D eigenvalue weighted by Gasteiger charge is 2.18. The van der Waals surface area contributed by atoms with Crippen molar-refractivity contribution in [2.24, 2.45) is 0 Å². The molecular formula is C12H9BrFNOS. The minimum atomic E-state index is -0.590. The molecule has 5 heteroatoms. The summed E-state index contributed by atoms with van der Waals surface area (Å²) >= 11 is 4.63. The molecule has 0 aliphatic rings. The van der Waals surface area contributed by atoms with Crippen LogP contribution in [-0.4, -0.2) is 5.78 Å². The normalized spacial score (nSPS) is 10.5. The van der Waals surface area contributed by atoms with E-state index in [1.807, 2.05) is 13.0 Å². The second kappa shape index (κ2) is 4.58. The molecule has 0 unspecified atom stereocenters. The van der Waals surface area contributed by atoms with Crippen molar-refractivity contribution in [3.8, 4) is 0 Å². The maximum Gasteiger partial charge on any atom is 0.207 e. The molecule has 0 aliphatic carbocycles. The lowest BCUT2D eigenvalue weighted by molar-refractivity contribution is 0.103. The van der Waals surface area contributed by atoms with E-state index in [4.69, 9.17) is 5.73 Å². The van der Waals surface area contributed by atoms with Crippen LogP contribution in [0.25, 0.3) is 0 Å². The fourth-order valence-electron chi connectivity index (χ4n) is 1.48. The molecule has 0 aliphatic heterocycles. The molecule has 0 bridgehead atoms. The number of anilines is 1. The van der Waals surface area contributed by atoms with Crippen molar-refractivity contribution in [2.45, 2.75) is 6.92 Å². The van der Waals surface area contributed by atoms with Gasteiger partial charge in [-0.25, -0.2) is 4.39 Å². The number of carbonyl (C=O) groups excluding carboxylic acids is 1. The van der Waals surface area contributed by atoms with E-state index in [0.717, 1.165) is 10.9 Å². The van der Waals surface area contributed by atoms with Crippen LogP contribution in [0, 0.1) is 12.7 Å². The summed E-state index contributed by atoms with van der Waals surface area (Å²) in [7, 11) is 0. The zero-order chi connectivity index (χ0) is 12.6. The number of nitrogen functional groups attached to an aromatic ring is 1. The summed E-state index contributed by atoms with van der Waals surface area (Å²) in [5.41, 5.74) is 5.79. The third-order valence-electron chi connectivity index (χ3n) is 2.25. The molecule has 1 aromatic heterocycles. The van der Waals surface area contributed by atoms with E-state index in [2.05, 4.69) is 15.9 Å². The van der Waals surface area contributed by atoms with Gasteiger partial charge in [-0.3, -0.25) is 4.79 Å². The largest absolute Gasteiger partial charge is 0.399 e. The van der Waals surface area contributed by atoms with Crippen LogP contribution in [0.3, 0.4) is 0 Å². The average molecular weight is 314 g/mol. The third-order valence-corrected chi connectivity index (χ3v) is 4.19. The SMILES string of the molecule is Cc1cc(Br)c(C(=O)c2ccc(N)cc2F)s1. The van der Waals surface area contributed by atoms with Gasteiger partial charge in [-0.2, -0.15) is 0 Å². The van der Waals surface area contributed by atoms with Crippen LogP contribution in [-0.2, 0) is 0 Å². The first-order valence-corrected chi connectivity index (χ1v) is 6.45. The molecular weight excluding hydrogens is 305 g/mol. The Labute approximate surface area is 110 Å². The summed E-state index contributed by atoms with van der Waals surface area (Å²) in [4.78, 5) is 13.6. The topological polar surface area (TPSA) is 43.1 Å². The van der Waals surface area contributed by atoms with Crippen LogP contribution in [0.1, 0.15) is 20.1 Å². The Kier molecular flexibility index (Phi) is 3.31. The van der Waals surface area contributed by atoms with Crippen molar-refractivity contribution >= 4 is 38.7 Å². The number of aryl methyl sites for hydroxylation is 1. The first kappa shape index (κ1) is 12.3. The van der Waals surface area contributed by atoms with E-state index >= 15 is 0 Å². The van der Waals surface area contributed by atoms with E-state index in [-0.39, 0.29) is 11.3 Å². The van der Waals surface area contributed by atoms with Crippen molar-refractivity contribution in [3.63, 3.8) is 0 Å². The van der Waals surface area contributed by atoms with Gasteiger partial charge < -0.3 is 5.73 Å². The molecule has 88 valence electrons. The zero-order valence-corrected chi connectivity index (χ0v) is 11.4. The second-order valence-electron chi connectivity index (χ2n) is 3.60. The zero-order valence-electron chi connectivity index (χ0n) is 8.96. The van der Waals surface area contributed by atoms with E-state index in [1.165, 1.54) is 23.5 Å². The molecule has 2 aromatic rings. The minimum absolute atomic E-state index is 0.0433. The fourth-order valence-corrected chi connectivity index (χ4v) is 3.25. The lowest BCUT2D eigenvalue weighted by atomic mass is 10.1. The number of ketones is 1. The number of halogens is 2. The quantitative estimate of drug-likeness (QED) is 0.677. The Morgan fingerprint density at radius 1 is 1.41 bits per heavy atom. The molecule has 1 aromatic carbocycles. The average Bonchev–Trinajstić information content (AvgIpc) is 2.57. The van der Waals surface area contributed by atoms with E-state index in [9.17, 15) is 9.18 Å². The summed E-state index contributed by atoms with van der Waals surface area (Å²) in [6.45, 7) is 1.89. The molecule has 0 spiro atoms. The minimum Gasteiger partial charge on any atom is -0.399 e. The number of benzene rings is 1. The fraction of sp³-hybridized carbons (Fsp3) is 0.0833. The Morgan fingerprint density at radius 2 is 2.12 bits per heavy atom. The second-order valence-corrected chi connectivity index (χ2v) is 5.71. The number of hydrogen-bond donors (Lipinski definition) is 1. The van der Waals surface area contributed by atoms with Gasteiger partial charge in [-0.1, -0.05) is 0 Å². The predicted molar refractivity (Wildman–Crippen MR) is 71.0 cm³/mol. The van der Waals surface area contributed by atoms with Gasteiger partial charge in [0.2, 0.25) is 5.78 Å². The molecule has 0 amide bonds. The van der Waals surface area contributed by atoms with Gasteiger partial charge in [0.1, 0.15) is 5.82 Å². The highest BCUT2D eigenvalue weighted by atomic mass is 79.9. The molecule has 0 saturated heterocycles. The van der Waals surface area contributed by atoms with Crippen molar-refractivity contribution in [1.82, 2.24) is 0 Å². The molecule has 2 rings (SSSR count). The van der Waals surface area contributed by atoms with Crippen LogP contribution >= 0.6 is 27.3 Å². The number of nitrogens with two attached hydrogens (primary N) is 1. The highest BCUT2D eigenvalue weighted by Crippen LogP contribution is 2.29. The third kappa shape index (κ3) is 2.40. The summed E-state index contributed by atoms with van der Waals surface area (Å²) in [5, 5.41) is 0. The number of carbonyl (C=O) groups is 1. The highest BCUT2D eigenvalue weighted by molar-refractivity contribution is 9.10. The number of hydrogen-bond acceptors (Lipinski definition) is 3. The summed E-state index contributed by atoms with van der Waals surface area (Å²) in [6, 6.07) is 5.92. The number of thiophene rings is 1. The first-order chi connectivity index (χ1) is 7.99. The van der Waals surface area contributed by atoms with Gasteiger partial charge in [0.25, 0.3) is 0 Å². The molecule has 17 heavy (non-hydrogen) atoms. The molecule has 2 N–H and O–H groups in total. The molecule has 0 radical (unpaired) electrons. The Bertz CT molecular complexity index is 594. The smallest absolute Gasteiger partial charge is 0.207 e. The Balaban J connectivity index is 2.47. The van der Waals surface area contributed by atoms with Crippen molar-refractivity contribution in [2.75, 3.05) is 5.73 Å². The summed E-state index contributed by atoms with van der Waals surface area (Å²) in [6.07, 6.45) is 0. The van der Waals surface area contributed by atoms with Crippen LogP contribution in [0.4, 0.5) is 10.1 Å². The van der Waals surface area contributed by atoms with Gasteiger partial charge in [-0.15, -0.1) is 11.3 Å². The summed E-state index contributed by atoms with van der Waals surface area (Å²) in [5.74, 6) is -0.916. The standard InChI is InChI=1S/C12H9BrFNOS/c1-6-4-9(13)12(17-6)11(16)8-3-2-7(15)5-10(8)14/h2-5H,15H2,1H3. The maximum atomic E-state index is 13.6. The van der Waals surface area contributed by atoms with E-state index in [1.54, 1.807) is 0 Å². The van der Waals surface area contributed by atoms with Gasteiger partial charge in [-0.05, 0) is 47.1 Å². The summed E-state index contributed by atoms with van der Waals surface area (Å²) < 4.78 is 14.3. The molecule has 1 heterocycles. The molecule has 0 saturated carbocycles. The van der Waals surface area contributed by atoms with Crippen LogP contribution in [0.2, 0.25) is 0 Å². The number of rotatable bonds is 2. The van der Waals surface area contributed by atoms with Crippen LogP contribution in [0.15, 0.2) is 28.7 Å².